The Hall–Kier alpha value is -3.37. The normalized spacial score (nSPS) is 25.8. The van der Waals surface area contributed by atoms with Crippen LogP contribution in [0.1, 0.15) is 72.2 Å². The van der Waals surface area contributed by atoms with Gasteiger partial charge >= 0.3 is 6.18 Å². The Morgan fingerprint density at radius 1 is 1.18 bits per heavy atom. The summed E-state index contributed by atoms with van der Waals surface area (Å²) in [5, 5.41) is 7.67. The summed E-state index contributed by atoms with van der Waals surface area (Å²) in [6.45, 7) is 2.70. The van der Waals surface area contributed by atoms with Gasteiger partial charge in [0.2, 0.25) is 0 Å². The van der Waals surface area contributed by atoms with Crippen LogP contribution < -0.4 is 10.5 Å². The first-order valence-corrected chi connectivity index (χ1v) is 13.1. The van der Waals surface area contributed by atoms with Crippen LogP contribution in [0.3, 0.4) is 0 Å². The minimum Gasteiger partial charge on any atom is -0.491 e. The molecule has 0 saturated heterocycles. The Morgan fingerprint density at radius 2 is 1.84 bits per heavy atom. The molecule has 0 atom stereocenters. The van der Waals surface area contributed by atoms with Crippen LogP contribution in [-0.2, 0) is 0 Å². The Labute approximate surface area is 219 Å². The van der Waals surface area contributed by atoms with Gasteiger partial charge in [-0.15, -0.1) is 11.7 Å². The molecule has 0 spiro atoms. The summed E-state index contributed by atoms with van der Waals surface area (Å²) < 4.78 is 48.8. The molecule has 1 aromatic heterocycles. The molecule has 2 amide bonds. The van der Waals surface area contributed by atoms with Crippen molar-refractivity contribution in [3.63, 3.8) is 0 Å². The van der Waals surface area contributed by atoms with E-state index in [4.69, 9.17) is 10.5 Å². The number of primary amides is 1. The lowest BCUT2D eigenvalue weighted by Crippen LogP contribution is -2.63. The van der Waals surface area contributed by atoms with Gasteiger partial charge in [-0.05, 0) is 87.3 Å². The van der Waals surface area contributed by atoms with Crippen molar-refractivity contribution in [2.75, 3.05) is 13.2 Å². The van der Waals surface area contributed by atoms with E-state index in [1.807, 2.05) is 0 Å². The average Bonchev–Trinajstić information content (AvgIpc) is 3.34. The van der Waals surface area contributed by atoms with Crippen LogP contribution in [-0.4, -0.2) is 56.6 Å². The molecule has 2 aromatic rings. The smallest absolute Gasteiger partial charge is 0.406 e. The molecule has 11 heteroatoms. The zero-order chi connectivity index (χ0) is 27.1. The first-order valence-electron chi connectivity index (χ1n) is 13.1. The molecular weight excluding hydrogens is 499 g/mol. The molecule has 4 fully saturated rings. The number of carbonyl (C=O) groups excluding carboxylic acids is 2. The van der Waals surface area contributed by atoms with Crippen LogP contribution in [0, 0.1) is 17.8 Å². The largest absolute Gasteiger partial charge is 0.491 e. The molecule has 4 aliphatic rings. The molecule has 8 nitrogen and oxygen atoms in total. The van der Waals surface area contributed by atoms with Crippen molar-refractivity contribution < 1.29 is 27.5 Å². The van der Waals surface area contributed by atoms with Crippen molar-refractivity contribution in [1.29, 1.82) is 0 Å². The average molecular weight is 532 g/mol. The number of nitrogens with two attached hydrogens (primary N) is 1. The highest BCUT2D eigenvalue weighted by atomic mass is 19.4. The van der Waals surface area contributed by atoms with E-state index in [-0.39, 0.29) is 23.6 Å². The first kappa shape index (κ1) is 26.2. The molecule has 38 heavy (non-hydrogen) atoms. The van der Waals surface area contributed by atoms with Gasteiger partial charge in [-0.1, -0.05) is 11.3 Å². The van der Waals surface area contributed by atoms with Crippen LogP contribution >= 0.6 is 0 Å². The predicted molar refractivity (Wildman–Crippen MR) is 133 cm³/mol. The molecule has 4 aliphatic carbocycles. The van der Waals surface area contributed by atoms with Crippen molar-refractivity contribution in [3.05, 3.63) is 48.3 Å². The molecule has 204 valence electrons. The fourth-order valence-electron chi connectivity index (χ4n) is 7.04. The molecule has 0 aliphatic heterocycles. The summed E-state index contributed by atoms with van der Waals surface area (Å²) in [7, 11) is 0. The number of carbonyl (C=O) groups is 2. The number of nitrogens with zero attached hydrogens (tertiary/aromatic N) is 4. The number of amides is 2. The highest BCUT2D eigenvalue weighted by Gasteiger charge is 2.56. The summed E-state index contributed by atoms with van der Waals surface area (Å²) in [4.78, 5) is 26.5. The third kappa shape index (κ3) is 5.28. The number of hydrogen-bond donors (Lipinski definition) is 1. The molecule has 1 aromatic carbocycles. The van der Waals surface area contributed by atoms with Gasteiger partial charge in [-0.2, -0.15) is 13.2 Å². The fourth-order valence-corrected chi connectivity index (χ4v) is 7.04. The maximum atomic E-state index is 13.9. The van der Waals surface area contributed by atoms with E-state index < -0.39 is 30.1 Å². The molecule has 0 unspecified atom stereocenters. The minimum atomic E-state index is -4.52. The van der Waals surface area contributed by atoms with E-state index in [0.717, 1.165) is 24.2 Å². The van der Waals surface area contributed by atoms with E-state index in [2.05, 4.69) is 16.9 Å². The lowest BCUT2D eigenvalue weighted by atomic mass is 9.52. The first-order chi connectivity index (χ1) is 18.1. The lowest BCUT2D eigenvalue weighted by molar-refractivity contribution is -0.168. The molecular formula is C27H32F3N5O3. The molecule has 4 saturated carbocycles. The van der Waals surface area contributed by atoms with E-state index >= 15 is 0 Å². The summed E-state index contributed by atoms with van der Waals surface area (Å²) >= 11 is 0. The van der Waals surface area contributed by atoms with E-state index in [9.17, 15) is 22.8 Å². The van der Waals surface area contributed by atoms with Gasteiger partial charge in [0.1, 0.15) is 18.0 Å². The number of unbranched alkanes of at least 4 members (excludes halogenated alkanes) is 1. The quantitative estimate of drug-likeness (QED) is 0.354. The standard InChI is InChI=1S/C27H32F3N5O3/c1-2-3-4-7-38-23-11-20(5-6-22(23)35-15-21(24(31)36)32-33-35)25(37)34(16-27(28,29)30)26-12-17-8-18(13-26)10-19(9-17)14-26/h2,5-6,11,15,17-19H,1,3-4,7-10,12-14,16H2,(H2,31,36). The Kier molecular flexibility index (Phi) is 6.96. The highest BCUT2D eigenvalue weighted by Crippen LogP contribution is 2.58. The number of halogens is 3. The van der Waals surface area contributed by atoms with Crippen LogP contribution in [0.2, 0.25) is 0 Å². The second-order valence-corrected chi connectivity index (χ2v) is 11.0. The molecule has 1 heterocycles. The van der Waals surface area contributed by atoms with Crippen LogP contribution in [0.25, 0.3) is 5.69 Å². The molecule has 4 bridgehead atoms. The van der Waals surface area contributed by atoms with Gasteiger partial charge < -0.3 is 15.4 Å². The fraction of sp³-hybridized carbons (Fsp3) is 0.556. The maximum absolute atomic E-state index is 13.9. The second kappa shape index (κ2) is 10.1. The summed E-state index contributed by atoms with van der Waals surface area (Å²) in [5.74, 6) is -0.0237. The number of rotatable bonds is 10. The third-order valence-corrected chi connectivity index (χ3v) is 8.17. The van der Waals surface area contributed by atoms with E-state index in [1.165, 1.54) is 23.0 Å². The highest BCUT2D eigenvalue weighted by molar-refractivity contribution is 5.96. The van der Waals surface area contributed by atoms with Crippen molar-refractivity contribution in [2.24, 2.45) is 23.5 Å². The number of allylic oxidation sites excluding steroid dienone is 1. The topological polar surface area (TPSA) is 103 Å². The number of alkyl halides is 3. The Morgan fingerprint density at radius 3 is 2.39 bits per heavy atom. The van der Waals surface area contributed by atoms with Gasteiger partial charge in [0.05, 0.1) is 12.8 Å². The number of benzene rings is 1. The van der Waals surface area contributed by atoms with Crippen molar-refractivity contribution in [3.8, 4) is 11.4 Å². The Bertz CT molecular complexity index is 1190. The molecule has 0 radical (unpaired) electrons. The monoisotopic (exact) mass is 531 g/mol. The van der Waals surface area contributed by atoms with Gasteiger partial charge in [0.15, 0.2) is 5.69 Å². The minimum absolute atomic E-state index is 0.0547. The zero-order valence-corrected chi connectivity index (χ0v) is 21.1. The predicted octanol–water partition coefficient (Wildman–Crippen LogP) is 4.68. The maximum Gasteiger partial charge on any atom is 0.406 e. The van der Waals surface area contributed by atoms with E-state index in [1.54, 1.807) is 12.1 Å². The zero-order valence-electron chi connectivity index (χ0n) is 21.1. The number of aromatic nitrogens is 3. The van der Waals surface area contributed by atoms with E-state index in [0.29, 0.717) is 55.5 Å². The summed E-state index contributed by atoms with van der Waals surface area (Å²) in [6, 6.07) is 4.48. The van der Waals surface area contributed by atoms with Gasteiger partial charge in [0, 0.05) is 11.1 Å². The van der Waals surface area contributed by atoms with Crippen LogP contribution in [0.15, 0.2) is 37.1 Å². The van der Waals surface area contributed by atoms with Gasteiger partial charge in [-0.3, -0.25) is 9.59 Å². The van der Waals surface area contributed by atoms with Gasteiger partial charge in [0.25, 0.3) is 11.8 Å². The van der Waals surface area contributed by atoms with Crippen molar-refractivity contribution in [1.82, 2.24) is 19.9 Å². The third-order valence-electron chi connectivity index (χ3n) is 8.17. The molecule has 6 rings (SSSR count). The lowest BCUT2D eigenvalue weighted by Gasteiger charge is -2.60. The summed E-state index contributed by atoms with van der Waals surface area (Å²) in [6.07, 6.45) is 4.95. The van der Waals surface area contributed by atoms with Gasteiger partial charge in [-0.25, -0.2) is 4.68 Å². The van der Waals surface area contributed by atoms with Crippen LogP contribution in [0.4, 0.5) is 13.2 Å². The van der Waals surface area contributed by atoms with Crippen molar-refractivity contribution >= 4 is 11.8 Å². The van der Waals surface area contributed by atoms with Crippen molar-refractivity contribution in [2.45, 2.75) is 63.1 Å². The van der Waals surface area contributed by atoms with Crippen LogP contribution in [0.5, 0.6) is 5.75 Å². The number of hydrogen-bond acceptors (Lipinski definition) is 5. The molecule has 2 N–H and O–H groups in total. The second-order valence-electron chi connectivity index (χ2n) is 11.0. The number of ether oxygens (including phenoxy) is 1. The summed E-state index contributed by atoms with van der Waals surface area (Å²) in [5.41, 5.74) is 4.97. The Balaban J connectivity index is 1.49. The SMILES string of the molecule is C=CCCCOc1cc(C(=O)N(CC(F)(F)F)C23CC4CC(CC(C4)C2)C3)ccc1-n1cc(C(N)=O)nn1.